The van der Waals surface area contributed by atoms with Crippen LogP contribution in [0, 0.1) is 0 Å². The number of anilines is 1. The maximum absolute atomic E-state index is 12.5. The van der Waals surface area contributed by atoms with Crippen LogP contribution >= 0.6 is 23.1 Å². The molecular weight excluding hydrogens is 328 g/mol. The van der Waals surface area contributed by atoms with Gasteiger partial charge in [0, 0.05) is 4.90 Å². The Morgan fingerprint density at radius 2 is 2.17 bits per heavy atom. The van der Waals surface area contributed by atoms with Crippen molar-refractivity contribution in [3.8, 4) is 5.75 Å². The predicted molar refractivity (Wildman–Crippen MR) is 94.6 cm³/mol. The van der Waals surface area contributed by atoms with Crippen molar-refractivity contribution in [2.75, 3.05) is 12.4 Å². The number of thiazole rings is 1. The summed E-state index contributed by atoms with van der Waals surface area (Å²) in [5.41, 5.74) is 2.11. The SMILES string of the molecule is COc1ccc2nc(NC(=O)[C@@H]3Cc4ccccc4S3)sc2c1. The number of aromatic nitrogens is 1. The Morgan fingerprint density at radius 3 is 3.00 bits per heavy atom. The number of thioether (sulfide) groups is 1. The third kappa shape index (κ3) is 2.80. The maximum atomic E-state index is 12.5. The van der Waals surface area contributed by atoms with Crippen molar-refractivity contribution in [1.82, 2.24) is 4.98 Å². The van der Waals surface area contributed by atoms with Gasteiger partial charge in [-0.3, -0.25) is 4.79 Å². The molecule has 0 saturated carbocycles. The zero-order valence-electron chi connectivity index (χ0n) is 12.4. The Labute approximate surface area is 141 Å². The minimum Gasteiger partial charge on any atom is -0.497 e. The number of hydrogen-bond acceptors (Lipinski definition) is 5. The number of carbonyl (C=O) groups is 1. The standard InChI is InChI=1S/C17H14N2O2S2/c1-21-11-6-7-12-14(9-11)23-17(18-12)19-16(20)15-8-10-4-2-3-5-13(10)22-15/h2-7,9,15H,8H2,1H3,(H,18,19,20)/t15-/m0/s1. The van der Waals surface area contributed by atoms with Gasteiger partial charge in [-0.2, -0.15) is 0 Å². The van der Waals surface area contributed by atoms with Crippen LogP contribution in [0.2, 0.25) is 0 Å². The number of ether oxygens (including phenoxy) is 1. The summed E-state index contributed by atoms with van der Waals surface area (Å²) in [6.45, 7) is 0. The average molecular weight is 342 g/mol. The fraction of sp³-hybridized carbons (Fsp3) is 0.176. The van der Waals surface area contributed by atoms with E-state index in [-0.39, 0.29) is 11.2 Å². The molecule has 0 saturated heterocycles. The van der Waals surface area contributed by atoms with Crippen molar-refractivity contribution in [3.63, 3.8) is 0 Å². The molecule has 23 heavy (non-hydrogen) atoms. The van der Waals surface area contributed by atoms with Crippen molar-refractivity contribution >= 4 is 44.4 Å². The molecule has 2 heterocycles. The molecule has 0 fully saturated rings. The first-order valence-electron chi connectivity index (χ1n) is 7.23. The van der Waals surface area contributed by atoms with Gasteiger partial charge in [0.15, 0.2) is 5.13 Å². The third-order valence-corrected chi connectivity index (χ3v) is 6.02. The Hall–Kier alpha value is -2.05. The van der Waals surface area contributed by atoms with E-state index in [4.69, 9.17) is 4.74 Å². The first kappa shape index (κ1) is 14.5. The third-order valence-electron chi connectivity index (χ3n) is 3.77. The number of hydrogen-bond donors (Lipinski definition) is 1. The summed E-state index contributed by atoms with van der Waals surface area (Å²) in [6.07, 6.45) is 0.769. The summed E-state index contributed by atoms with van der Waals surface area (Å²) in [4.78, 5) is 18.2. The fourth-order valence-electron chi connectivity index (χ4n) is 2.60. The number of methoxy groups -OCH3 is 1. The van der Waals surface area contributed by atoms with Gasteiger partial charge in [-0.1, -0.05) is 29.5 Å². The van der Waals surface area contributed by atoms with Gasteiger partial charge in [0.25, 0.3) is 0 Å². The van der Waals surface area contributed by atoms with Gasteiger partial charge in [0.2, 0.25) is 5.91 Å². The summed E-state index contributed by atoms with van der Waals surface area (Å²) >= 11 is 3.09. The van der Waals surface area contributed by atoms with E-state index in [1.165, 1.54) is 21.8 Å². The lowest BCUT2D eigenvalue weighted by Gasteiger charge is -2.07. The molecule has 1 amide bonds. The maximum Gasteiger partial charge on any atom is 0.239 e. The van der Waals surface area contributed by atoms with Gasteiger partial charge >= 0.3 is 0 Å². The number of carbonyl (C=O) groups excluding carboxylic acids is 1. The van der Waals surface area contributed by atoms with Crippen LogP contribution in [0.15, 0.2) is 47.4 Å². The molecule has 1 aromatic heterocycles. The number of amides is 1. The Morgan fingerprint density at radius 1 is 1.30 bits per heavy atom. The molecule has 0 spiro atoms. The molecule has 0 unspecified atom stereocenters. The molecule has 1 aliphatic heterocycles. The predicted octanol–water partition coefficient (Wildman–Crippen LogP) is 3.96. The molecule has 4 nitrogen and oxygen atoms in total. The summed E-state index contributed by atoms with van der Waals surface area (Å²) in [5, 5.41) is 3.50. The number of fused-ring (bicyclic) bond motifs is 2. The van der Waals surface area contributed by atoms with Crippen molar-refractivity contribution < 1.29 is 9.53 Å². The molecule has 1 aliphatic rings. The molecule has 3 aromatic rings. The normalized spacial score (nSPS) is 16.3. The van der Waals surface area contributed by atoms with Crippen LogP contribution in [0.5, 0.6) is 5.75 Å². The number of nitrogens with one attached hydrogen (secondary N) is 1. The fourth-order valence-corrected chi connectivity index (χ4v) is 4.69. The van der Waals surface area contributed by atoms with E-state index in [9.17, 15) is 4.79 Å². The molecule has 0 aliphatic carbocycles. The summed E-state index contributed by atoms with van der Waals surface area (Å²) < 4.78 is 6.22. The molecule has 1 atom stereocenters. The van der Waals surface area contributed by atoms with E-state index in [2.05, 4.69) is 22.4 Å². The molecule has 1 N–H and O–H groups in total. The van der Waals surface area contributed by atoms with Gasteiger partial charge in [-0.25, -0.2) is 4.98 Å². The first-order chi connectivity index (χ1) is 11.2. The largest absolute Gasteiger partial charge is 0.497 e. The van der Waals surface area contributed by atoms with Gasteiger partial charge in [-0.15, -0.1) is 11.8 Å². The number of benzene rings is 2. The van der Waals surface area contributed by atoms with Crippen LogP contribution < -0.4 is 10.1 Å². The second-order valence-electron chi connectivity index (χ2n) is 5.26. The molecule has 2 aromatic carbocycles. The van der Waals surface area contributed by atoms with Crippen LogP contribution in [0.3, 0.4) is 0 Å². The zero-order valence-corrected chi connectivity index (χ0v) is 14.0. The molecule has 4 rings (SSSR count). The first-order valence-corrected chi connectivity index (χ1v) is 8.92. The van der Waals surface area contributed by atoms with Gasteiger partial charge in [-0.05, 0) is 36.2 Å². The van der Waals surface area contributed by atoms with Gasteiger partial charge < -0.3 is 10.1 Å². The molecule has 0 bridgehead atoms. The highest BCUT2D eigenvalue weighted by Gasteiger charge is 2.28. The van der Waals surface area contributed by atoms with E-state index < -0.39 is 0 Å². The zero-order chi connectivity index (χ0) is 15.8. The van der Waals surface area contributed by atoms with E-state index in [1.807, 2.05) is 30.3 Å². The van der Waals surface area contributed by atoms with Crippen LogP contribution in [-0.2, 0) is 11.2 Å². The lowest BCUT2D eigenvalue weighted by atomic mass is 10.1. The number of nitrogens with zero attached hydrogens (tertiary/aromatic N) is 1. The smallest absolute Gasteiger partial charge is 0.239 e. The van der Waals surface area contributed by atoms with Crippen LogP contribution in [-0.4, -0.2) is 23.3 Å². The Balaban J connectivity index is 1.51. The summed E-state index contributed by atoms with van der Waals surface area (Å²) in [5.74, 6) is 0.804. The lowest BCUT2D eigenvalue weighted by molar-refractivity contribution is -0.115. The minimum absolute atomic E-state index is 0.0113. The second-order valence-corrected chi connectivity index (χ2v) is 7.54. The van der Waals surface area contributed by atoms with E-state index >= 15 is 0 Å². The second kappa shape index (κ2) is 5.86. The highest BCUT2D eigenvalue weighted by Crippen LogP contribution is 2.37. The van der Waals surface area contributed by atoms with Crippen molar-refractivity contribution in [2.24, 2.45) is 0 Å². The Kier molecular flexibility index (Phi) is 3.71. The summed E-state index contributed by atoms with van der Waals surface area (Å²) in [6, 6.07) is 13.9. The van der Waals surface area contributed by atoms with E-state index in [1.54, 1.807) is 18.9 Å². The van der Waals surface area contributed by atoms with Crippen molar-refractivity contribution in [3.05, 3.63) is 48.0 Å². The topological polar surface area (TPSA) is 51.2 Å². The quantitative estimate of drug-likeness (QED) is 0.783. The van der Waals surface area contributed by atoms with Crippen molar-refractivity contribution in [1.29, 1.82) is 0 Å². The molecule has 6 heteroatoms. The molecular formula is C17H14N2O2S2. The highest BCUT2D eigenvalue weighted by atomic mass is 32.2. The summed E-state index contributed by atoms with van der Waals surface area (Å²) in [7, 11) is 1.64. The average Bonchev–Trinajstić information content (AvgIpc) is 3.17. The van der Waals surface area contributed by atoms with Crippen LogP contribution in [0.4, 0.5) is 5.13 Å². The molecule has 116 valence electrons. The van der Waals surface area contributed by atoms with Gasteiger partial charge in [0.05, 0.1) is 22.6 Å². The number of rotatable bonds is 3. The van der Waals surface area contributed by atoms with E-state index in [0.717, 1.165) is 22.4 Å². The van der Waals surface area contributed by atoms with E-state index in [0.29, 0.717) is 5.13 Å². The Bertz CT molecular complexity index is 866. The monoisotopic (exact) mass is 342 g/mol. The van der Waals surface area contributed by atoms with Crippen LogP contribution in [0.1, 0.15) is 5.56 Å². The highest BCUT2D eigenvalue weighted by molar-refractivity contribution is 8.01. The van der Waals surface area contributed by atoms with Crippen LogP contribution in [0.25, 0.3) is 10.2 Å². The van der Waals surface area contributed by atoms with Gasteiger partial charge in [0.1, 0.15) is 5.75 Å². The lowest BCUT2D eigenvalue weighted by Crippen LogP contribution is -2.24. The minimum atomic E-state index is -0.0889. The molecule has 0 radical (unpaired) electrons. The van der Waals surface area contributed by atoms with Crippen molar-refractivity contribution in [2.45, 2.75) is 16.6 Å².